The molecule has 1 saturated carbocycles. The molecule has 1 unspecified atom stereocenters. The summed E-state index contributed by atoms with van der Waals surface area (Å²) >= 11 is 0. The van der Waals surface area contributed by atoms with Gasteiger partial charge in [0.15, 0.2) is 0 Å². The highest BCUT2D eigenvalue weighted by Gasteiger charge is 2.46. The molecule has 11 nitrogen and oxygen atoms in total. The molecule has 3 atom stereocenters. The average Bonchev–Trinajstić information content (AvgIpc) is 3.18. The van der Waals surface area contributed by atoms with Crippen molar-refractivity contribution in [2.75, 3.05) is 26.2 Å². The number of imide groups is 2. The van der Waals surface area contributed by atoms with Crippen LogP contribution in [0.4, 0.5) is 9.18 Å². The third kappa shape index (κ3) is 6.10. The molecule has 4 aliphatic heterocycles. The van der Waals surface area contributed by atoms with Crippen molar-refractivity contribution in [2.24, 2.45) is 0 Å². The van der Waals surface area contributed by atoms with Gasteiger partial charge in [0.25, 0.3) is 11.8 Å². The van der Waals surface area contributed by atoms with Gasteiger partial charge in [-0.15, -0.1) is 0 Å². The monoisotopic (exact) mass is 612 g/mol. The summed E-state index contributed by atoms with van der Waals surface area (Å²) in [5.74, 6) is -2.61. The second-order valence-electron chi connectivity index (χ2n) is 13.7. The molecule has 1 aromatic carbocycles. The van der Waals surface area contributed by atoms with E-state index < -0.39 is 47.4 Å². The number of benzene rings is 1. The van der Waals surface area contributed by atoms with Crippen LogP contribution in [0.5, 0.6) is 0 Å². The van der Waals surface area contributed by atoms with Crippen molar-refractivity contribution in [1.82, 2.24) is 20.0 Å². The van der Waals surface area contributed by atoms with Crippen LogP contribution in [-0.2, 0) is 19.1 Å². The minimum absolute atomic E-state index is 0.0558. The Labute approximate surface area is 256 Å². The minimum atomic E-state index is -1.13. The van der Waals surface area contributed by atoms with Crippen LogP contribution in [0.25, 0.3) is 0 Å². The number of carbonyl (C=O) groups is 5. The molecular formula is C32H41FN4O7. The Kier molecular flexibility index (Phi) is 8.25. The Morgan fingerprint density at radius 3 is 2.30 bits per heavy atom. The van der Waals surface area contributed by atoms with Gasteiger partial charge in [-0.05, 0) is 83.5 Å². The van der Waals surface area contributed by atoms with E-state index in [1.54, 1.807) is 23.1 Å². The molecule has 0 spiro atoms. The third-order valence-electron chi connectivity index (χ3n) is 9.53. The summed E-state index contributed by atoms with van der Waals surface area (Å²) in [6, 6.07) is 4.12. The van der Waals surface area contributed by atoms with Crippen LogP contribution >= 0.6 is 0 Å². The first-order valence-corrected chi connectivity index (χ1v) is 15.7. The van der Waals surface area contributed by atoms with Gasteiger partial charge in [-0.1, -0.05) is 6.07 Å². The zero-order chi connectivity index (χ0) is 31.3. The second-order valence-corrected chi connectivity index (χ2v) is 13.7. The highest BCUT2D eigenvalue weighted by Crippen LogP contribution is 2.38. The SMILES string of the molecule is CC(C)(C)OC(=O)N1CCC(O[C@H]2C[C@H](N3CC[C@@H](c4ccc5c(c4)C(=O)N(C4CCC(=O)NC4=O)C5=O)[C@@H](F)C3)C2)CC1. The number of piperidine rings is 3. The van der Waals surface area contributed by atoms with Crippen molar-refractivity contribution in [1.29, 1.82) is 0 Å². The number of nitrogens with zero attached hydrogens (tertiary/aromatic N) is 3. The minimum Gasteiger partial charge on any atom is -0.444 e. The summed E-state index contributed by atoms with van der Waals surface area (Å²) in [6.45, 7) is 7.83. The zero-order valence-corrected chi connectivity index (χ0v) is 25.6. The molecule has 0 radical (unpaired) electrons. The Balaban J connectivity index is 0.979. The van der Waals surface area contributed by atoms with Crippen molar-refractivity contribution >= 4 is 29.7 Å². The van der Waals surface area contributed by atoms with Crippen LogP contribution in [0.3, 0.4) is 0 Å². The molecule has 1 aromatic rings. The molecule has 44 heavy (non-hydrogen) atoms. The summed E-state index contributed by atoms with van der Waals surface area (Å²) in [7, 11) is 0. The molecule has 5 aliphatic rings. The second kappa shape index (κ2) is 11.8. The van der Waals surface area contributed by atoms with Crippen molar-refractivity contribution in [3.8, 4) is 0 Å². The lowest BCUT2D eigenvalue weighted by atomic mass is 9.82. The van der Waals surface area contributed by atoms with E-state index in [2.05, 4.69) is 10.2 Å². The number of amides is 5. The lowest BCUT2D eigenvalue weighted by Crippen LogP contribution is -2.54. The first-order valence-electron chi connectivity index (χ1n) is 15.7. The molecule has 3 saturated heterocycles. The summed E-state index contributed by atoms with van der Waals surface area (Å²) in [5.41, 5.74) is 0.546. The first kappa shape index (κ1) is 30.6. The van der Waals surface area contributed by atoms with Crippen molar-refractivity contribution in [3.63, 3.8) is 0 Å². The standard InChI is InChI=1S/C32H41FN4O7/c1-32(2,3)44-31(42)35-11-8-20(9-12-35)43-21-15-19(16-21)36-13-10-22(25(33)17-36)18-4-5-23-24(14-18)30(41)37(29(23)40)26-6-7-27(38)34-28(26)39/h4-5,14,19-22,25-26H,6-13,15-17H2,1-3H3,(H,34,38,39)/t19-,21-,22-,25-,26?/m0/s1. The summed E-state index contributed by atoms with van der Waals surface area (Å²) in [6.07, 6.45) is 2.84. The van der Waals surface area contributed by atoms with Crippen LogP contribution in [-0.4, -0.2) is 107 Å². The number of hydrogen-bond acceptors (Lipinski definition) is 8. The maximum Gasteiger partial charge on any atom is 0.410 e. The van der Waals surface area contributed by atoms with E-state index in [1.165, 1.54) is 0 Å². The molecule has 0 aromatic heterocycles. The Morgan fingerprint density at radius 1 is 0.932 bits per heavy atom. The predicted molar refractivity (Wildman–Crippen MR) is 156 cm³/mol. The molecule has 12 heteroatoms. The normalized spacial score (nSPS) is 30.2. The lowest BCUT2D eigenvalue weighted by Gasteiger charge is -2.47. The number of alkyl halides is 1. The first-order chi connectivity index (χ1) is 20.9. The molecule has 1 N–H and O–H groups in total. The number of nitrogens with one attached hydrogen (secondary N) is 1. The van der Waals surface area contributed by atoms with E-state index in [4.69, 9.17) is 9.47 Å². The van der Waals surface area contributed by atoms with Gasteiger partial charge < -0.3 is 14.4 Å². The molecule has 0 bridgehead atoms. The highest BCUT2D eigenvalue weighted by molar-refractivity contribution is 6.23. The largest absolute Gasteiger partial charge is 0.444 e. The van der Waals surface area contributed by atoms with E-state index in [9.17, 15) is 24.0 Å². The van der Waals surface area contributed by atoms with Gasteiger partial charge in [0.2, 0.25) is 11.8 Å². The van der Waals surface area contributed by atoms with E-state index in [1.807, 2.05) is 20.8 Å². The van der Waals surface area contributed by atoms with Gasteiger partial charge in [0.1, 0.15) is 17.8 Å². The van der Waals surface area contributed by atoms with Crippen molar-refractivity contribution in [3.05, 3.63) is 34.9 Å². The predicted octanol–water partition coefficient (Wildman–Crippen LogP) is 3.16. The molecule has 1 aliphatic carbocycles. The van der Waals surface area contributed by atoms with Crippen LogP contribution in [0.1, 0.15) is 97.9 Å². The van der Waals surface area contributed by atoms with Crippen molar-refractivity contribution < 1.29 is 37.8 Å². The molecule has 4 fully saturated rings. The van der Waals surface area contributed by atoms with Crippen LogP contribution in [0, 0.1) is 0 Å². The van der Waals surface area contributed by atoms with Crippen LogP contribution in [0.2, 0.25) is 0 Å². The Bertz CT molecular complexity index is 1350. The molecular weight excluding hydrogens is 571 g/mol. The fourth-order valence-electron chi connectivity index (χ4n) is 7.07. The van der Waals surface area contributed by atoms with E-state index in [0.717, 1.165) is 37.1 Å². The van der Waals surface area contributed by atoms with Crippen molar-refractivity contribution in [2.45, 2.75) is 108 Å². The van der Waals surface area contributed by atoms with Crippen LogP contribution in [0.15, 0.2) is 18.2 Å². The van der Waals surface area contributed by atoms with E-state index >= 15 is 4.39 Å². The molecule has 4 heterocycles. The lowest BCUT2D eigenvalue weighted by molar-refractivity contribution is -0.136. The highest BCUT2D eigenvalue weighted by atomic mass is 19.1. The number of fused-ring (bicyclic) bond motifs is 1. The molecule has 5 amide bonds. The molecule has 6 rings (SSSR count). The fraction of sp³-hybridized carbons (Fsp3) is 0.656. The third-order valence-corrected chi connectivity index (χ3v) is 9.53. The van der Waals surface area contributed by atoms with Gasteiger partial charge in [0.05, 0.1) is 23.3 Å². The maximum atomic E-state index is 15.6. The number of carbonyl (C=O) groups excluding carboxylic acids is 5. The smallest absolute Gasteiger partial charge is 0.410 e. The molecule has 238 valence electrons. The fourth-order valence-corrected chi connectivity index (χ4v) is 7.07. The Hall–Kier alpha value is -3.38. The zero-order valence-electron chi connectivity index (χ0n) is 25.6. The summed E-state index contributed by atoms with van der Waals surface area (Å²) < 4.78 is 27.4. The Morgan fingerprint density at radius 2 is 1.64 bits per heavy atom. The van der Waals surface area contributed by atoms with Gasteiger partial charge >= 0.3 is 6.09 Å². The number of halogens is 1. The van der Waals surface area contributed by atoms with E-state index in [0.29, 0.717) is 31.6 Å². The van der Waals surface area contributed by atoms with Gasteiger partial charge in [0, 0.05) is 38.0 Å². The van der Waals surface area contributed by atoms with Gasteiger partial charge in [-0.3, -0.25) is 34.3 Å². The number of rotatable bonds is 5. The average molecular weight is 613 g/mol. The number of hydrogen-bond donors (Lipinski definition) is 1. The maximum absolute atomic E-state index is 15.6. The summed E-state index contributed by atoms with van der Waals surface area (Å²) in [5, 5.41) is 2.20. The van der Waals surface area contributed by atoms with Gasteiger partial charge in [-0.2, -0.15) is 0 Å². The summed E-state index contributed by atoms with van der Waals surface area (Å²) in [4.78, 5) is 67.3. The van der Waals surface area contributed by atoms with E-state index in [-0.39, 0.29) is 48.3 Å². The topological polar surface area (TPSA) is 126 Å². The quantitative estimate of drug-likeness (QED) is 0.503. The number of likely N-dealkylation sites (tertiary alicyclic amines) is 2. The van der Waals surface area contributed by atoms with Gasteiger partial charge in [-0.25, -0.2) is 9.18 Å². The number of ether oxygens (including phenoxy) is 2. The van der Waals surface area contributed by atoms with Crippen LogP contribution < -0.4 is 5.32 Å².